The first-order valence-electron chi connectivity index (χ1n) is 7.15. The van der Waals surface area contributed by atoms with Crippen LogP contribution in [0.15, 0.2) is 12.1 Å². The van der Waals surface area contributed by atoms with Crippen LogP contribution in [0.3, 0.4) is 0 Å². The van der Waals surface area contributed by atoms with E-state index < -0.39 is 0 Å². The van der Waals surface area contributed by atoms with Crippen molar-refractivity contribution in [3.8, 4) is 11.5 Å². The molecule has 1 aromatic carbocycles. The summed E-state index contributed by atoms with van der Waals surface area (Å²) in [5, 5.41) is 12.6. The molecular weight excluding hydrogens is 294 g/mol. The van der Waals surface area contributed by atoms with Gasteiger partial charge in [0.15, 0.2) is 11.5 Å². The zero-order chi connectivity index (χ0) is 15.1. The van der Waals surface area contributed by atoms with Crippen molar-refractivity contribution in [2.75, 3.05) is 33.5 Å². The summed E-state index contributed by atoms with van der Waals surface area (Å²) in [4.78, 5) is 0. The largest absolute Gasteiger partial charge is 0.493 e. The number of benzene rings is 1. The maximum Gasteiger partial charge on any atom is 0.179 e. The standard InChI is InChI=1S/C15H22ClNO4/c1-19-14-9-11(10-17-12-2-3-12)8-13(16)15(14)21-7-6-20-5-4-18/h8-9,12,17-18H,2-7,10H2,1H3. The number of aliphatic hydroxyl groups is 1. The minimum absolute atomic E-state index is 0.00671. The first-order valence-corrected chi connectivity index (χ1v) is 7.53. The van der Waals surface area contributed by atoms with E-state index in [0.29, 0.717) is 42.4 Å². The smallest absolute Gasteiger partial charge is 0.179 e. The van der Waals surface area contributed by atoms with E-state index in [4.69, 9.17) is 30.9 Å². The predicted octanol–water partition coefficient (Wildman–Crippen LogP) is 1.99. The molecule has 0 spiro atoms. The second-order valence-corrected chi connectivity index (χ2v) is 5.36. The molecule has 1 fully saturated rings. The lowest BCUT2D eigenvalue weighted by molar-refractivity contribution is 0.0699. The molecule has 6 heteroatoms. The Labute approximate surface area is 130 Å². The molecule has 1 saturated carbocycles. The van der Waals surface area contributed by atoms with Crippen molar-refractivity contribution in [3.63, 3.8) is 0 Å². The normalized spacial score (nSPS) is 14.2. The van der Waals surface area contributed by atoms with Crippen LogP contribution in [0.2, 0.25) is 5.02 Å². The summed E-state index contributed by atoms with van der Waals surface area (Å²) in [6, 6.07) is 4.48. The third-order valence-electron chi connectivity index (χ3n) is 3.17. The molecule has 0 saturated heterocycles. The Balaban J connectivity index is 1.91. The Morgan fingerprint density at radius 3 is 2.76 bits per heavy atom. The van der Waals surface area contributed by atoms with Gasteiger partial charge in [-0.05, 0) is 30.5 Å². The van der Waals surface area contributed by atoms with Crippen LogP contribution in [0, 0.1) is 0 Å². The lowest BCUT2D eigenvalue weighted by Crippen LogP contribution is -2.15. The van der Waals surface area contributed by atoms with Crippen LogP contribution >= 0.6 is 11.6 Å². The Morgan fingerprint density at radius 2 is 2.10 bits per heavy atom. The molecular formula is C15H22ClNO4. The Bertz CT molecular complexity index is 452. The van der Waals surface area contributed by atoms with E-state index in [9.17, 15) is 0 Å². The maximum atomic E-state index is 8.62. The molecule has 0 aromatic heterocycles. The average Bonchev–Trinajstić information content (AvgIpc) is 3.30. The summed E-state index contributed by atoms with van der Waals surface area (Å²) in [6.45, 7) is 1.84. The molecule has 21 heavy (non-hydrogen) atoms. The van der Waals surface area contributed by atoms with Crippen molar-refractivity contribution in [1.82, 2.24) is 5.32 Å². The lowest BCUT2D eigenvalue weighted by Gasteiger charge is -2.14. The van der Waals surface area contributed by atoms with Crippen molar-refractivity contribution in [1.29, 1.82) is 0 Å². The summed E-state index contributed by atoms with van der Waals surface area (Å²) in [5.74, 6) is 1.15. The summed E-state index contributed by atoms with van der Waals surface area (Å²) in [5.41, 5.74) is 1.08. The van der Waals surface area contributed by atoms with Crippen molar-refractivity contribution >= 4 is 11.6 Å². The zero-order valence-corrected chi connectivity index (χ0v) is 13.0. The van der Waals surface area contributed by atoms with Gasteiger partial charge in [0, 0.05) is 12.6 Å². The topological polar surface area (TPSA) is 60.0 Å². The number of rotatable bonds is 10. The second-order valence-electron chi connectivity index (χ2n) is 4.95. The van der Waals surface area contributed by atoms with Gasteiger partial charge in [-0.2, -0.15) is 0 Å². The molecule has 0 aliphatic heterocycles. The van der Waals surface area contributed by atoms with E-state index in [0.717, 1.165) is 12.1 Å². The maximum absolute atomic E-state index is 8.62. The molecule has 1 aliphatic carbocycles. The molecule has 0 bridgehead atoms. The van der Waals surface area contributed by atoms with Crippen molar-refractivity contribution < 1.29 is 19.3 Å². The average molecular weight is 316 g/mol. The number of nitrogens with one attached hydrogen (secondary N) is 1. The Morgan fingerprint density at radius 1 is 1.29 bits per heavy atom. The van der Waals surface area contributed by atoms with Crippen LogP contribution in [0.4, 0.5) is 0 Å². The van der Waals surface area contributed by atoms with Gasteiger partial charge in [-0.25, -0.2) is 0 Å². The fourth-order valence-electron chi connectivity index (χ4n) is 1.93. The van der Waals surface area contributed by atoms with Crippen LogP contribution in [-0.2, 0) is 11.3 Å². The van der Waals surface area contributed by atoms with Crippen LogP contribution in [0.25, 0.3) is 0 Å². The molecule has 0 atom stereocenters. The van der Waals surface area contributed by atoms with E-state index in [1.54, 1.807) is 7.11 Å². The third-order valence-corrected chi connectivity index (χ3v) is 3.45. The number of hydrogen-bond acceptors (Lipinski definition) is 5. The Kier molecular flexibility index (Phi) is 6.57. The molecule has 0 radical (unpaired) electrons. The predicted molar refractivity (Wildman–Crippen MR) is 81.3 cm³/mol. The van der Waals surface area contributed by atoms with Gasteiger partial charge in [-0.3, -0.25) is 0 Å². The number of ether oxygens (including phenoxy) is 3. The van der Waals surface area contributed by atoms with Gasteiger partial charge in [0.25, 0.3) is 0 Å². The molecule has 0 unspecified atom stereocenters. The number of methoxy groups -OCH3 is 1. The van der Waals surface area contributed by atoms with Gasteiger partial charge in [0.2, 0.25) is 0 Å². The van der Waals surface area contributed by atoms with Crippen molar-refractivity contribution in [3.05, 3.63) is 22.7 Å². The summed E-state index contributed by atoms with van der Waals surface area (Å²) in [6.07, 6.45) is 2.50. The number of hydrogen-bond donors (Lipinski definition) is 2. The van der Waals surface area contributed by atoms with Gasteiger partial charge in [0.1, 0.15) is 6.61 Å². The van der Waals surface area contributed by atoms with Gasteiger partial charge in [-0.15, -0.1) is 0 Å². The minimum Gasteiger partial charge on any atom is -0.493 e. The van der Waals surface area contributed by atoms with Crippen LogP contribution in [-0.4, -0.2) is 44.7 Å². The highest BCUT2D eigenvalue weighted by Crippen LogP contribution is 2.36. The fourth-order valence-corrected chi connectivity index (χ4v) is 2.22. The van der Waals surface area contributed by atoms with Gasteiger partial charge >= 0.3 is 0 Å². The van der Waals surface area contributed by atoms with Gasteiger partial charge in [0.05, 0.1) is 32.0 Å². The van der Waals surface area contributed by atoms with Crippen molar-refractivity contribution in [2.45, 2.75) is 25.4 Å². The SMILES string of the molecule is COc1cc(CNC2CC2)cc(Cl)c1OCCOCCO. The minimum atomic E-state index is 0.00671. The lowest BCUT2D eigenvalue weighted by atomic mass is 10.2. The van der Waals surface area contributed by atoms with Gasteiger partial charge < -0.3 is 24.6 Å². The monoisotopic (exact) mass is 315 g/mol. The number of halogens is 1. The molecule has 118 valence electrons. The molecule has 5 nitrogen and oxygen atoms in total. The highest BCUT2D eigenvalue weighted by Gasteiger charge is 2.20. The molecule has 1 aromatic rings. The highest BCUT2D eigenvalue weighted by atomic mass is 35.5. The molecule has 0 heterocycles. The summed E-state index contributed by atoms with van der Waals surface area (Å²) < 4.78 is 16.1. The first-order chi connectivity index (χ1) is 10.2. The summed E-state index contributed by atoms with van der Waals surface area (Å²) in [7, 11) is 1.60. The number of aliphatic hydroxyl groups excluding tert-OH is 1. The summed E-state index contributed by atoms with van der Waals surface area (Å²) >= 11 is 6.27. The fraction of sp³-hybridized carbons (Fsp3) is 0.600. The second kappa shape index (κ2) is 8.44. The molecule has 0 amide bonds. The van der Waals surface area contributed by atoms with E-state index in [-0.39, 0.29) is 6.61 Å². The quantitative estimate of drug-likeness (QED) is 0.647. The van der Waals surface area contributed by atoms with Crippen LogP contribution in [0.5, 0.6) is 11.5 Å². The van der Waals surface area contributed by atoms with E-state index in [1.807, 2.05) is 12.1 Å². The van der Waals surface area contributed by atoms with Crippen molar-refractivity contribution in [2.24, 2.45) is 0 Å². The zero-order valence-electron chi connectivity index (χ0n) is 12.2. The third kappa shape index (κ3) is 5.36. The molecule has 1 aliphatic rings. The molecule has 2 N–H and O–H groups in total. The highest BCUT2D eigenvalue weighted by molar-refractivity contribution is 6.32. The van der Waals surface area contributed by atoms with Crippen LogP contribution in [0.1, 0.15) is 18.4 Å². The van der Waals surface area contributed by atoms with E-state index in [1.165, 1.54) is 12.8 Å². The van der Waals surface area contributed by atoms with E-state index in [2.05, 4.69) is 5.32 Å². The Hall–Kier alpha value is -1.01. The van der Waals surface area contributed by atoms with Gasteiger partial charge in [-0.1, -0.05) is 11.6 Å². The van der Waals surface area contributed by atoms with Crippen LogP contribution < -0.4 is 14.8 Å². The van der Waals surface area contributed by atoms with E-state index >= 15 is 0 Å². The molecule has 2 rings (SSSR count). The first kappa shape index (κ1) is 16.4.